The van der Waals surface area contributed by atoms with E-state index in [2.05, 4.69) is 36.7 Å². The highest BCUT2D eigenvalue weighted by Crippen LogP contribution is 2.23. The summed E-state index contributed by atoms with van der Waals surface area (Å²) in [5.74, 6) is 0.150. The molecule has 0 atom stereocenters. The van der Waals surface area contributed by atoms with E-state index >= 15 is 0 Å². The molecule has 122 valence electrons. The van der Waals surface area contributed by atoms with E-state index in [0.29, 0.717) is 16.4 Å². The Morgan fingerprint density at radius 1 is 1.29 bits per heavy atom. The van der Waals surface area contributed by atoms with Gasteiger partial charge < -0.3 is 5.32 Å². The molecule has 1 heterocycles. The minimum Gasteiger partial charge on any atom is -0.324 e. The summed E-state index contributed by atoms with van der Waals surface area (Å²) in [6.07, 6.45) is 0. The van der Waals surface area contributed by atoms with Gasteiger partial charge in [-0.1, -0.05) is 39.7 Å². The van der Waals surface area contributed by atoms with E-state index in [1.54, 1.807) is 12.1 Å². The van der Waals surface area contributed by atoms with E-state index < -0.39 is 0 Å². The Morgan fingerprint density at radius 2 is 2.08 bits per heavy atom. The molecule has 0 bridgehead atoms. The van der Waals surface area contributed by atoms with Gasteiger partial charge in [0.2, 0.25) is 11.7 Å². The standard InChI is InChI=1S/C16H13BrClN5O/c1-10-8-11(17)6-7-14(10)19-15(24)9-23-21-16(20-22-23)12-4-2-3-5-13(12)18/h2-8H,9H2,1H3,(H,19,24). The van der Waals surface area contributed by atoms with Crippen molar-refractivity contribution in [3.05, 3.63) is 57.5 Å². The number of anilines is 1. The van der Waals surface area contributed by atoms with Gasteiger partial charge in [-0.3, -0.25) is 4.79 Å². The lowest BCUT2D eigenvalue weighted by Crippen LogP contribution is -2.20. The molecular weight excluding hydrogens is 394 g/mol. The van der Waals surface area contributed by atoms with Crippen molar-refractivity contribution in [1.82, 2.24) is 20.2 Å². The zero-order valence-corrected chi connectivity index (χ0v) is 15.0. The van der Waals surface area contributed by atoms with Crippen LogP contribution in [-0.2, 0) is 11.3 Å². The predicted molar refractivity (Wildman–Crippen MR) is 95.8 cm³/mol. The van der Waals surface area contributed by atoms with Crippen LogP contribution in [0.2, 0.25) is 5.02 Å². The van der Waals surface area contributed by atoms with Gasteiger partial charge in [0.1, 0.15) is 6.54 Å². The Morgan fingerprint density at radius 3 is 2.83 bits per heavy atom. The van der Waals surface area contributed by atoms with Gasteiger partial charge in [0.25, 0.3) is 0 Å². The average Bonchev–Trinajstić information content (AvgIpc) is 2.99. The molecule has 2 aromatic carbocycles. The van der Waals surface area contributed by atoms with Gasteiger partial charge in [-0.15, -0.1) is 10.2 Å². The van der Waals surface area contributed by atoms with Crippen LogP contribution < -0.4 is 5.32 Å². The largest absolute Gasteiger partial charge is 0.324 e. The lowest BCUT2D eigenvalue weighted by Gasteiger charge is -2.08. The van der Waals surface area contributed by atoms with E-state index in [1.165, 1.54) is 4.80 Å². The smallest absolute Gasteiger partial charge is 0.248 e. The van der Waals surface area contributed by atoms with E-state index in [-0.39, 0.29) is 12.5 Å². The van der Waals surface area contributed by atoms with Crippen molar-refractivity contribution in [2.24, 2.45) is 0 Å². The van der Waals surface area contributed by atoms with Crippen LogP contribution in [-0.4, -0.2) is 26.1 Å². The summed E-state index contributed by atoms with van der Waals surface area (Å²) in [7, 11) is 0. The second-order valence-corrected chi connectivity index (χ2v) is 6.45. The molecule has 0 saturated heterocycles. The van der Waals surface area contributed by atoms with Crippen molar-refractivity contribution < 1.29 is 4.79 Å². The highest BCUT2D eigenvalue weighted by atomic mass is 79.9. The number of amides is 1. The number of hydrogen-bond donors (Lipinski definition) is 1. The van der Waals surface area contributed by atoms with E-state index in [0.717, 1.165) is 15.7 Å². The summed E-state index contributed by atoms with van der Waals surface area (Å²) in [5.41, 5.74) is 2.38. The molecule has 3 rings (SSSR count). The molecule has 0 aliphatic carbocycles. The first-order valence-corrected chi connectivity index (χ1v) is 8.29. The van der Waals surface area contributed by atoms with Crippen molar-refractivity contribution in [3.63, 3.8) is 0 Å². The summed E-state index contributed by atoms with van der Waals surface area (Å²) >= 11 is 9.50. The first kappa shape index (κ1) is 16.6. The number of nitrogens with one attached hydrogen (secondary N) is 1. The third kappa shape index (κ3) is 3.80. The van der Waals surface area contributed by atoms with Crippen LogP contribution in [0.3, 0.4) is 0 Å². The summed E-state index contributed by atoms with van der Waals surface area (Å²) < 4.78 is 0.959. The third-order valence-electron chi connectivity index (χ3n) is 3.32. The predicted octanol–water partition coefficient (Wildman–Crippen LogP) is 3.70. The number of aryl methyl sites for hydroxylation is 1. The van der Waals surface area contributed by atoms with Gasteiger partial charge in [0.15, 0.2) is 0 Å². The molecule has 1 aromatic heterocycles. The molecule has 0 radical (unpaired) electrons. The minimum absolute atomic E-state index is 0.0348. The highest BCUT2D eigenvalue weighted by Gasteiger charge is 2.12. The minimum atomic E-state index is -0.233. The molecule has 3 aromatic rings. The van der Waals surface area contributed by atoms with Crippen LogP contribution in [0.4, 0.5) is 5.69 Å². The Hall–Kier alpha value is -2.25. The topological polar surface area (TPSA) is 72.7 Å². The number of benzene rings is 2. The number of rotatable bonds is 4. The maximum Gasteiger partial charge on any atom is 0.248 e. The molecule has 0 saturated carbocycles. The van der Waals surface area contributed by atoms with Crippen molar-refractivity contribution >= 4 is 39.1 Å². The van der Waals surface area contributed by atoms with Crippen molar-refractivity contribution in [3.8, 4) is 11.4 Å². The molecule has 8 heteroatoms. The van der Waals surface area contributed by atoms with Crippen LogP contribution in [0.1, 0.15) is 5.56 Å². The molecule has 0 spiro atoms. The quantitative estimate of drug-likeness (QED) is 0.717. The Labute approximate surface area is 152 Å². The Balaban J connectivity index is 1.70. The fourth-order valence-electron chi connectivity index (χ4n) is 2.15. The Kier molecular flexibility index (Phi) is 4.92. The molecule has 0 fully saturated rings. The number of halogens is 2. The van der Waals surface area contributed by atoms with Crippen LogP contribution in [0.5, 0.6) is 0 Å². The van der Waals surface area contributed by atoms with Gasteiger partial charge in [0.05, 0.1) is 5.02 Å². The van der Waals surface area contributed by atoms with E-state index in [4.69, 9.17) is 11.6 Å². The summed E-state index contributed by atoms with van der Waals surface area (Å²) in [5, 5.41) is 15.4. The number of aromatic nitrogens is 4. The molecule has 0 unspecified atom stereocenters. The fourth-order valence-corrected chi connectivity index (χ4v) is 2.84. The average molecular weight is 407 g/mol. The monoisotopic (exact) mass is 405 g/mol. The molecule has 1 amide bonds. The van der Waals surface area contributed by atoms with Gasteiger partial charge in [-0.05, 0) is 48.0 Å². The van der Waals surface area contributed by atoms with Crippen molar-refractivity contribution in [2.75, 3.05) is 5.32 Å². The second-order valence-electron chi connectivity index (χ2n) is 5.13. The zero-order chi connectivity index (χ0) is 17.1. The number of nitrogens with zero attached hydrogens (tertiary/aromatic N) is 4. The normalized spacial score (nSPS) is 10.6. The summed E-state index contributed by atoms with van der Waals surface area (Å²) in [6, 6.07) is 12.8. The van der Waals surface area contributed by atoms with Gasteiger partial charge in [-0.2, -0.15) is 4.80 Å². The molecule has 0 aliphatic heterocycles. The molecule has 0 aliphatic rings. The maximum atomic E-state index is 12.2. The van der Waals surface area contributed by atoms with Gasteiger partial charge in [0, 0.05) is 15.7 Å². The van der Waals surface area contributed by atoms with Crippen LogP contribution in [0, 0.1) is 6.92 Å². The van der Waals surface area contributed by atoms with E-state index in [1.807, 2.05) is 37.3 Å². The first-order valence-electron chi connectivity index (χ1n) is 7.11. The summed E-state index contributed by atoms with van der Waals surface area (Å²) in [4.78, 5) is 13.4. The van der Waals surface area contributed by atoms with Crippen LogP contribution in [0.15, 0.2) is 46.9 Å². The second kappa shape index (κ2) is 7.11. The third-order valence-corrected chi connectivity index (χ3v) is 4.14. The van der Waals surface area contributed by atoms with Gasteiger partial charge in [-0.25, -0.2) is 0 Å². The maximum absolute atomic E-state index is 12.2. The van der Waals surface area contributed by atoms with E-state index in [9.17, 15) is 4.79 Å². The summed E-state index contributed by atoms with van der Waals surface area (Å²) in [6.45, 7) is 1.89. The van der Waals surface area contributed by atoms with Crippen LogP contribution in [0.25, 0.3) is 11.4 Å². The SMILES string of the molecule is Cc1cc(Br)ccc1NC(=O)Cn1nnc(-c2ccccc2Cl)n1. The van der Waals surface area contributed by atoms with Crippen LogP contribution >= 0.6 is 27.5 Å². The number of carbonyl (C=O) groups is 1. The molecular formula is C16H13BrClN5O. The lowest BCUT2D eigenvalue weighted by atomic mass is 10.2. The first-order chi connectivity index (χ1) is 11.5. The van der Waals surface area contributed by atoms with Crippen molar-refractivity contribution in [1.29, 1.82) is 0 Å². The number of hydrogen-bond acceptors (Lipinski definition) is 4. The number of carbonyl (C=O) groups excluding carboxylic acids is 1. The fraction of sp³-hybridized carbons (Fsp3) is 0.125. The van der Waals surface area contributed by atoms with Crippen molar-refractivity contribution in [2.45, 2.75) is 13.5 Å². The molecule has 6 nitrogen and oxygen atoms in total. The number of tetrazole rings is 1. The zero-order valence-electron chi connectivity index (χ0n) is 12.7. The molecule has 1 N–H and O–H groups in total. The van der Waals surface area contributed by atoms with Gasteiger partial charge >= 0.3 is 0 Å². The molecule has 24 heavy (non-hydrogen) atoms. The Bertz CT molecular complexity index is 896. The lowest BCUT2D eigenvalue weighted by molar-refractivity contribution is -0.117. The highest BCUT2D eigenvalue weighted by molar-refractivity contribution is 9.10.